The van der Waals surface area contributed by atoms with E-state index in [1.165, 1.54) is 0 Å². The number of anilines is 1. The topological polar surface area (TPSA) is 59.3 Å². The first-order chi connectivity index (χ1) is 8.26. The lowest BCUT2D eigenvalue weighted by Gasteiger charge is -2.04. The number of fused-ring (bicyclic) bond motifs is 1. The molecule has 92 valence electrons. The standard InChI is InChI=1S/C12H17N3O2/c1-15-11-5-4-9(17-2)8-10(11)14-12(15)13-6-3-7-16/h4-5,8,16H,3,6-7H2,1-2H3,(H,13,14). The number of aryl methyl sites for hydroxylation is 1. The number of aromatic nitrogens is 2. The van der Waals surface area contributed by atoms with Gasteiger partial charge in [-0.1, -0.05) is 0 Å². The average Bonchev–Trinajstić information content (AvgIpc) is 2.66. The Morgan fingerprint density at radius 3 is 3.00 bits per heavy atom. The van der Waals surface area contributed by atoms with Crippen LogP contribution >= 0.6 is 0 Å². The Balaban J connectivity index is 2.28. The summed E-state index contributed by atoms with van der Waals surface area (Å²) in [6.07, 6.45) is 0.715. The first-order valence-electron chi connectivity index (χ1n) is 5.61. The van der Waals surface area contributed by atoms with Gasteiger partial charge in [-0.3, -0.25) is 0 Å². The third-order valence-electron chi connectivity index (χ3n) is 2.71. The van der Waals surface area contributed by atoms with Gasteiger partial charge in [0.2, 0.25) is 5.95 Å². The highest BCUT2D eigenvalue weighted by molar-refractivity contribution is 5.80. The second-order valence-electron chi connectivity index (χ2n) is 3.85. The van der Waals surface area contributed by atoms with Crippen LogP contribution in [0.2, 0.25) is 0 Å². The van der Waals surface area contributed by atoms with Crippen molar-refractivity contribution < 1.29 is 9.84 Å². The minimum Gasteiger partial charge on any atom is -0.497 e. The lowest BCUT2D eigenvalue weighted by molar-refractivity contribution is 0.292. The summed E-state index contributed by atoms with van der Waals surface area (Å²) in [5.41, 5.74) is 1.95. The molecule has 0 aliphatic carbocycles. The number of ether oxygens (including phenoxy) is 1. The van der Waals surface area contributed by atoms with Crippen molar-refractivity contribution in [1.82, 2.24) is 9.55 Å². The molecule has 0 radical (unpaired) electrons. The fourth-order valence-electron chi connectivity index (χ4n) is 1.74. The molecule has 0 saturated heterocycles. The van der Waals surface area contributed by atoms with E-state index in [1.807, 2.05) is 29.8 Å². The summed E-state index contributed by atoms with van der Waals surface area (Å²) in [7, 11) is 3.60. The molecule has 1 aromatic carbocycles. The van der Waals surface area contributed by atoms with E-state index in [0.29, 0.717) is 13.0 Å². The molecule has 0 saturated carbocycles. The summed E-state index contributed by atoms with van der Waals surface area (Å²) in [4.78, 5) is 4.48. The predicted octanol–water partition coefficient (Wildman–Crippen LogP) is 1.38. The molecule has 2 rings (SSSR count). The molecule has 0 atom stereocenters. The van der Waals surface area contributed by atoms with E-state index < -0.39 is 0 Å². The highest BCUT2D eigenvalue weighted by Gasteiger charge is 2.07. The monoisotopic (exact) mass is 235 g/mol. The second-order valence-corrected chi connectivity index (χ2v) is 3.85. The van der Waals surface area contributed by atoms with E-state index in [1.54, 1.807) is 7.11 Å². The van der Waals surface area contributed by atoms with Gasteiger partial charge in [0.05, 0.1) is 18.1 Å². The Labute approximate surface area is 100 Å². The van der Waals surface area contributed by atoms with Gasteiger partial charge in [-0.25, -0.2) is 4.98 Å². The van der Waals surface area contributed by atoms with E-state index in [4.69, 9.17) is 9.84 Å². The number of rotatable bonds is 5. The maximum atomic E-state index is 8.74. The number of nitrogens with one attached hydrogen (secondary N) is 1. The molecule has 1 heterocycles. The van der Waals surface area contributed by atoms with Crippen LogP contribution in [0, 0.1) is 0 Å². The molecule has 0 fully saturated rings. The van der Waals surface area contributed by atoms with Gasteiger partial charge in [0.15, 0.2) is 0 Å². The smallest absolute Gasteiger partial charge is 0.203 e. The van der Waals surface area contributed by atoms with Crippen LogP contribution in [0.15, 0.2) is 18.2 Å². The molecule has 5 heteroatoms. The third-order valence-corrected chi connectivity index (χ3v) is 2.71. The van der Waals surface area contributed by atoms with Crippen LogP contribution < -0.4 is 10.1 Å². The number of aliphatic hydroxyl groups excluding tert-OH is 1. The molecule has 0 bridgehead atoms. The van der Waals surface area contributed by atoms with Crippen LogP contribution in [0.1, 0.15) is 6.42 Å². The van der Waals surface area contributed by atoms with E-state index in [-0.39, 0.29) is 6.61 Å². The number of aliphatic hydroxyl groups is 1. The number of hydrogen-bond acceptors (Lipinski definition) is 4. The quantitative estimate of drug-likeness (QED) is 0.769. The molecular formula is C12H17N3O2. The minimum absolute atomic E-state index is 0.185. The minimum atomic E-state index is 0.185. The van der Waals surface area contributed by atoms with Crippen LogP contribution in [0.25, 0.3) is 11.0 Å². The molecule has 2 aromatic rings. The first-order valence-corrected chi connectivity index (χ1v) is 5.61. The van der Waals surface area contributed by atoms with Gasteiger partial charge in [-0.2, -0.15) is 0 Å². The molecular weight excluding hydrogens is 218 g/mol. The largest absolute Gasteiger partial charge is 0.497 e. The van der Waals surface area contributed by atoms with Crippen LogP contribution in [-0.4, -0.2) is 34.9 Å². The van der Waals surface area contributed by atoms with Crippen molar-refractivity contribution in [2.24, 2.45) is 7.05 Å². The number of benzene rings is 1. The summed E-state index contributed by atoms with van der Waals surface area (Å²) in [5.74, 6) is 1.61. The Bertz CT molecular complexity index is 508. The van der Waals surface area contributed by atoms with Gasteiger partial charge in [0, 0.05) is 26.3 Å². The van der Waals surface area contributed by atoms with Crippen molar-refractivity contribution in [2.45, 2.75) is 6.42 Å². The van der Waals surface area contributed by atoms with Crippen molar-refractivity contribution in [1.29, 1.82) is 0 Å². The predicted molar refractivity (Wildman–Crippen MR) is 67.5 cm³/mol. The molecule has 0 spiro atoms. The lowest BCUT2D eigenvalue weighted by atomic mass is 10.3. The van der Waals surface area contributed by atoms with E-state index >= 15 is 0 Å². The summed E-state index contributed by atoms with van der Waals surface area (Å²) in [6.45, 7) is 0.898. The summed E-state index contributed by atoms with van der Waals surface area (Å²) in [6, 6.07) is 5.81. The van der Waals surface area contributed by atoms with Crippen LogP contribution in [-0.2, 0) is 7.05 Å². The highest BCUT2D eigenvalue weighted by atomic mass is 16.5. The summed E-state index contributed by atoms with van der Waals surface area (Å²) in [5, 5.41) is 11.9. The number of nitrogens with zero attached hydrogens (tertiary/aromatic N) is 2. The zero-order valence-corrected chi connectivity index (χ0v) is 10.1. The van der Waals surface area contributed by atoms with Gasteiger partial charge in [0.25, 0.3) is 0 Å². The third kappa shape index (κ3) is 2.34. The van der Waals surface area contributed by atoms with E-state index in [0.717, 1.165) is 22.7 Å². The fourth-order valence-corrected chi connectivity index (χ4v) is 1.74. The average molecular weight is 235 g/mol. The zero-order valence-electron chi connectivity index (χ0n) is 10.1. The summed E-state index contributed by atoms with van der Waals surface area (Å²) < 4.78 is 7.16. The molecule has 5 nitrogen and oxygen atoms in total. The molecule has 2 N–H and O–H groups in total. The Morgan fingerprint density at radius 2 is 2.29 bits per heavy atom. The zero-order chi connectivity index (χ0) is 12.3. The number of hydrogen-bond donors (Lipinski definition) is 2. The van der Waals surface area contributed by atoms with Gasteiger partial charge in [0.1, 0.15) is 5.75 Å². The molecule has 0 unspecified atom stereocenters. The van der Waals surface area contributed by atoms with Crippen LogP contribution in [0.4, 0.5) is 5.95 Å². The number of methoxy groups -OCH3 is 1. The lowest BCUT2D eigenvalue weighted by Crippen LogP contribution is -2.07. The van der Waals surface area contributed by atoms with Gasteiger partial charge in [-0.05, 0) is 18.6 Å². The normalized spacial score (nSPS) is 10.8. The molecule has 0 aliphatic rings. The highest BCUT2D eigenvalue weighted by Crippen LogP contribution is 2.22. The van der Waals surface area contributed by atoms with E-state index in [2.05, 4.69) is 10.3 Å². The Morgan fingerprint density at radius 1 is 1.47 bits per heavy atom. The maximum Gasteiger partial charge on any atom is 0.203 e. The van der Waals surface area contributed by atoms with Crippen molar-refractivity contribution >= 4 is 17.0 Å². The fraction of sp³-hybridized carbons (Fsp3) is 0.417. The van der Waals surface area contributed by atoms with Gasteiger partial charge < -0.3 is 19.7 Å². The molecule has 0 aliphatic heterocycles. The van der Waals surface area contributed by atoms with Crippen molar-refractivity contribution in [3.8, 4) is 5.75 Å². The van der Waals surface area contributed by atoms with Crippen molar-refractivity contribution in [3.05, 3.63) is 18.2 Å². The Kier molecular flexibility index (Phi) is 3.49. The second kappa shape index (κ2) is 5.05. The molecule has 1 aromatic heterocycles. The van der Waals surface area contributed by atoms with Crippen molar-refractivity contribution in [3.63, 3.8) is 0 Å². The maximum absolute atomic E-state index is 8.74. The summed E-state index contributed by atoms with van der Waals surface area (Å²) >= 11 is 0. The molecule has 0 amide bonds. The van der Waals surface area contributed by atoms with Crippen molar-refractivity contribution in [2.75, 3.05) is 25.6 Å². The van der Waals surface area contributed by atoms with Gasteiger partial charge >= 0.3 is 0 Å². The first kappa shape index (κ1) is 11.7. The van der Waals surface area contributed by atoms with Crippen LogP contribution in [0.5, 0.6) is 5.75 Å². The van der Waals surface area contributed by atoms with Crippen LogP contribution in [0.3, 0.4) is 0 Å². The van der Waals surface area contributed by atoms with E-state index in [9.17, 15) is 0 Å². The Hall–Kier alpha value is -1.75. The van der Waals surface area contributed by atoms with Gasteiger partial charge in [-0.15, -0.1) is 0 Å². The molecule has 17 heavy (non-hydrogen) atoms. The number of imidazole rings is 1. The SMILES string of the molecule is COc1ccc2c(c1)nc(NCCCO)n2C.